The summed E-state index contributed by atoms with van der Waals surface area (Å²) in [7, 11) is 0. The van der Waals surface area contributed by atoms with E-state index in [2.05, 4.69) is 165 Å². The molecule has 0 saturated heterocycles. The van der Waals surface area contributed by atoms with Crippen molar-refractivity contribution in [1.29, 1.82) is 0 Å². The Morgan fingerprint density at radius 1 is 0.328 bits per heavy atom. The van der Waals surface area contributed by atoms with Crippen LogP contribution in [0.5, 0.6) is 0 Å². The van der Waals surface area contributed by atoms with Crippen molar-refractivity contribution in [2.75, 3.05) is 0 Å². The second kappa shape index (κ2) is 14.3. The predicted molar refractivity (Wildman–Crippen MR) is 236 cm³/mol. The zero-order valence-electron chi connectivity index (χ0n) is 32.7. The standard InChI is InChI=1S/C54H40N4/c1-35-21-31-47(36(2)55-35)43-16-12-15-42(33-43)40-24-22-38(23-25-40)39-26-29-46(30-27-39)54(45-17-8-5-9-18-45)50-20-11-10-19-48(50)49-32-28-44(34-51(49)54)53-57-37(3)56-52(58-53)41-13-6-4-7-14-41/h4-34H,1-3H3. The first kappa shape index (κ1) is 35.1. The van der Waals surface area contributed by atoms with Gasteiger partial charge < -0.3 is 0 Å². The second-order valence-electron chi connectivity index (χ2n) is 15.1. The van der Waals surface area contributed by atoms with Crippen LogP contribution in [0.15, 0.2) is 188 Å². The minimum atomic E-state index is -0.563. The lowest BCUT2D eigenvalue weighted by molar-refractivity contribution is 0.768. The van der Waals surface area contributed by atoms with E-state index in [-0.39, 0.29) is 0 Å². The van der Waals surface area contributed by atoms with E-state index in [0.29, 0.717) is 17.5 Å². The Morgan fingerprint density at radius 3 is 1.59 bits per heavy atom. The van der Waals surface area contributed by atoms with E-state index in [4.69, 9.17) is 19.9 Å². The molecule has 1 unspecified atom stereocenters. The molecule has 4 nitrogen and oxygen atoms in total. The fraction of sp³-hybridized carbons (Fsp3) is 0.0741. The molecule has 0 fully saturated rings. The van der Waals surface area contributed by atoms with Crippen LogP contribution in [0.25, 0.3) is 67.3 Å². The zero-order chi connectivity index (χ0) is 39.2. The van der Waals surface area contributed by atoms with E-state index in [1.165, 1.54) is 66.8 Å². The van der Waals surface area contributed by atoms with E-state index in [9.17, 15) is 0 Å². The van der Waals surface area contributed by atoms with Crippen molar-refractivity contribution in [3.63, 3.8) is 0 Å². The lowest BCUT2D eigenvalue weighted by atomic mass is 9.67. The van der Waals surface area contributed by atoms with Gasteiger partial charge in [0.2, 0.25) is 0 Å². The first-order valence-corrected chi connectivity index (χ1v) is 19.8. The van der Waals surface area contributed by atoms with Gasteiger partial charge in [-0.15, -0.1) is 0 Å². The fourth-order valence-corrected chi connectivity index (χ4v) is 8.85. The highest BCUT2D eigenvalue weighted by Gasteiger charge is 2.46. The minimum Gasteiger partial charge on any atom is -0.258 e. The molecule has 10 rings (SSSR count). The molecule has 276 valence electrons. The predicted octanol–water partition coefficient (Wildman–Crippen LogP) is 12.9. The maximum absolute atomic E-state index is 5.01. The van der Waals surface area contributed by atoms with Gasteiger partial charge >= 0.3 is 0 Å². The molecule has 0 saturated carbocycles. The third-order valence-electron chi connectivity index (χ3n) is 11.6. The summed E-state index contributed by atoms with van der Waals surface area (Å²) in [6.07, 6.45) is 0. The van der Waals surface area contributed by atoms with Gasteiger partial charge in [0.1, 0.15) is 5.82 Å². The second-order valence-corrected chi connectivity index (χ2v) is 15.1. The number of hydrogen-bond donors (Lipinski definition) is 0. The van der Waals surface area contributed by atoms with Crippen molar-refractivity contribution >= 4 is 0 Å². The number of rotatable bonds is 7. The minimum absolute atomic E-state index is 0.563. The Morgan fingerprint density at radius 2 is 0.862 bits per heavy atom. The van der Waals surface area contributed by atoms with Crippen molar-refractivity contribution in [3.8, 4) is 67.3 Å². The first-order valence-electron chi connectivity index (χ1n) is 19.8. The highest BCUT2D eigenvalue weighted by molar-refractivity contribution is 5.88. The van der Waals surface area contributed by atoms with E-state index in [1.807, 2.05) is 44.2 Å². The van der Waals surface area contributed by atoms with Crippen LogP contribution in [0.2, 0.25) is 0 Å². The molecule has 58 heavy (non-hydrogen) atoms. The number of hydrogen-bond acceptors (Lipinski definition) is 4. The smallest absolute Gasteiger partial charge is 0.163 e. The van der Waals surface area contributed by atoms with Gasteiger partial charge in [-0.25, -0.2) is 15.0 Å². The number of aryl methyl sites for hydroxylation is 3. The maximum atomic E-state index is 5.01. The quantitative estimate of drug-likeness (QED) is 0.163. The van der Waals surface area contributed by atoms with Crippen LogP contribution >= 0.6 is 0 Å². The van der Waals surface area contributed by atoms with Crippen LogP contribution in [0, 0.1) is 20.8 Å². The van der Waals surface area contributed by atoms with E-state index in [0.717, 1.165) is 22.5 Å². The molecule has 4 heteroatoms. The highest BCUT2D eigenvalue weighted by Crippen LogP contribution is 2.56. The molecular weight excluding hydrogens is 705 g/mol. The van der Waals surface area contributed by atoms with Crippen LogP contribution < -0.4 is 0 Å². The molecular formula is C54H40N4. The van der Waals surface area contributed by atoms with Gasteiger partial charge in [-0.05, 0) is 100 Å². The van der Waals surface area contributed by atoms with E-state index in [1.54, 1.807) is 0 Å². The molecule has 1 aliphatic carbocycles. The Kier molecular flexibility index (Phi) is 8.68. The molecule has 2 heterocycles. The molecule has 7 aromatic carbocycles. The average Bonchev–Trinajstić information content (AvgIpc) is 3.57. The van der Waals surface area contributed by atoms with Gasteiger partial charge in [-0.1, -0.05) is 170 Å². The highest BCUT2D eigenvalue weighted by atomic mass is 15.0. The third-order valence-corrected chi connectivity index (χ3v) is 11.6. The average molecular weight is 745 g/mol. The van der Waals surface area contributed by atoms with Crippen LogP contribution in [0.3, 0.4) is 0 Å². The van der Waals surface area contributed by atoms with Crippen molar-refractivity contribution in [2.24, 2.45) is 0 Å². The summed E-state index contributed by atoms with van der Waals surface area (Å²) < 4.78 is 0. The molecule has 0 spiro atoms. The molecule has 0 bridgehead atoms. The van der Waals surface area contributed by atoms with Gasteiger partial charge in [-0.3, -0.25) is 4.98 Å². The summed E-state index contributed by atoms with van der Waals surface area (Å²) in [5, 5.41) is 0. The molecule has 9 aromatic rings. The molecule has 0 aliphatic heterocycles. The lowest BCUT2D eigenvalue weighted by Crippen LogP contribution is -2.28. The van der Waals surface area contributed by atoms with Gasteiger partial charge in [0.05, 0.1) is 5.41 Å². The molecule has 0 N–H and O–H groups in total. The van der Waals surface area contributed by atoms with Crippen LogP contribution in [-0.2, 0) is 5.41 Å². The Labute approximate surface area is 339 Å². The molecule has 0 radical (unpaired) electrons. The molecule has 1 aliphatic rings. The monoisotopic (exact) mass is 744 g/mol. The Hall–Kier alpha value is -7.30. The van der Waals surface area contributed by atoms with Crippen molar-refractivity contribution in [2.45, 2.75) is 26.2 Å². The zero-order valence-corrected chi connectivity index (χ0v) is 32.7. The summed E-state index contributed by atoms with van der Waals surface area (Å²) in [4.78, 5) is 19.3. The van der Waals surface area contributed by atoms with Crippen LogP contribution in [0.1, 0.15) is 39.5 Å². The lowest BCUT2D eigenvalue weighted by Gasteiger charge is -2.34. The van der Waals surface area contributed by atoms with Gasteiger partial charge in [-0.2, -0.15) is 0 Å². The van der Waals surface area contributed by atoms with Crippen molar-refractivity contribution < 1.29 is 0 Å². The molecule has 0 amide bonds. The summed E-state index contributed by atoms with van der Waals surface area (Å²) in [5.74, 6) is 2.03. The van der Waals surface area contributed by atoms with Crippen LogP contribution in [0.4, 0.5) is 0 Å². The van der Waals surface area contributed by atoms with Crippen molar-refractivity contribution in [3.05, 3.63) is 228 Å². The fourth-order valence-electron chi connectivity index (χ4n) is 8.85. The number of fused-ring (bicyclic) bond motifs is 3. The summed E-state index contributed by atoms with van der Waals surface area (Å²) >= 11 is 0. The Balaban J connectivity index is 1.05. The van der Waals surface area contributed by atoms with Gasteiger partial charge in [0.25, 0.3) is 0 Å². The SMILES string of the molecule is Cc1ccc(-c2cccc(-c3ccc(-c4ccc(C5(c6ccccc6)c6ccccc6-c6ccc(-c7nc(C)nc(-c8ccccc8)n7)cc65)cc4)cc3)c2)c(C)n1. The third kappa shape index (κ3) is 6.02. The molecule has 2 aromatic heterocycles. The number of nitrogens with zero attached hydrogens (tertiary/aromatic N) is 4. The van der Waals surface area contributed by atoms with Crippen molar-refractivity contribution in [1.82, 2.24) is 19.9 Å². The first-order chi connectivity index (χ1) is 28.5. The maximum Gasteiger partial charge on any atom is 0.163 e. The largest absolute Gasteiger partial charge is 0.258 e. The van der Waals surface area contributed by atoms with Crippen LogP contribution in [-0.4, -0.2) is 19.9 Å². The summed E-state index contributed by atoms with van der Waals surface area (Å²) in [6.45, 7) is 6.05. The summed E-state index contributed by atoms with van der Waals surface area (Å²) in [6, 6.07) is 67.7. The van der Waals surface area contributed by atoms with Gasteiger partial charge in [0, 0.05) is 28.1 Å². The topological polar surface area (TPSA) is 51.6 Å². The van der Waals surface area contributed by atoms with E-state index >= 15 is 0 Å². The van der Waals surface area contributed by atoms with E-state index < -0.39 is 5.41 Å². The number of aromatic nitrogens is 4. The molecule has 1 atom stereocenters. The number of benzene rings is 7. The number of pyridine rings is 1. The normalized spacial score (nSPS) is 14.2. The summed E-state index contributed by atoms with van der Waals surface area (Å²) in [5.41, 5.74) is 17.9. The van der Waals surface area contributed by atoms with Gasteiger partial charge in [0.15, 0.2) is 11.6 Å². The Bertz CT molecular complexity index is 2960.